The fourth-order valence-corrected chi connectivity index (χ4v) is 1.92. The SMILES string of the molecule is C/C=C(/CCN1CCCCC1)CN=[N+]=[N-]. The minimum Gasteiger partial charge on any atom is -0.303 e. The van der Waals surface area contributed by atoms with Gasteiger partial charge < -0.3 is 4.90 Å². The van der Waals surface area contributed by atoms with Crippen LogP contribution in [-0.2, 0) is 0 Å². The highest BCUT2D eigenvalue weighted by Gasteiger charge is 2.09. The standard InChI is InChI=1S/C11H20N4/c1-2-11(10-13-14-12)6-9-15-7-4-3-5-8-15/h2H,3-10H2,1H3/b11-2-. The summed E-state index contributed by atoms with van der Waals surface area (Å²) < 4.78 is 0. The molecular weight excluding hydrogens is 188 g/mol. The molecule has 1 fully saturated rings. The predicted octanol–water partition coefficient (Wildman–Crippen LogP) is 3.12. The van der Waals surface area contributed by atoms with Crippen molar-refractivity contribution in [2.45, 2.75) is 32.6 Å². The second-order valence-electron chi connectivity index (χ2n) is 3.99. The molecule has 0 unspecified atom stereocenters. The Bertz CT molecular complexity index is 247. The highest BCUT2D eigenvalue weighted by molar-refractivity contribution is 5.03. The molecule has 4 heteroatoms. The Labute approximate surface area is 91.6 Å². The van der Waals surface area contributed by atoms with Gasteiger partial charge in [-0.15, -0.1) is 0 Å². The van der Waals surface area contributed by atoms with Gasteiger partial charge in [0.15, 0.2) is 0 Å². The van der Waals surface area contributed by atoms with Crippen LogP contribution >= 0.6 is 0 Å². The first-order chi connectivity index (χ1) is 7.36. The molecule has 15 heavy (non-hydrogen) atoms. The van der Waals surface area contributed by atoms with E-state index >= 15 is 0 Å². The van der Waals surface area contributed by atoms with Crippen molar-refractivity contribution in [3.63, 3.8) is 0 Å². The van der Waals surface area contributed by atoms with Gasteiger partial charge in [0.05, 0.1) is 0 Å². The maximum absolute atomic E-state index is 8.25. The lowest BCUT2D eigenvalue weighted by molar-refractivity contribution is 0.231. The highest BCUT2D eigenvalue weighted by Crippen LogP contribution is 2.11. The summed E-state index contributed by atoms with van der Waals surface area (Å²) >= 11 is 0. The van der Waals surface area contributed by atoms with Gasteiger partial charge in [-0.3, -0.25) is 0 Å². The summed E-state index contributed by atoms with van der Waals surface area (Å²) in [6.07, 6.45) is 7.16. The molecule has 0 saturated carbocycles. The molecule has 1 heterocycles. The molecule has 0 aromatic heterocycles. The van der Waals surface area contributed by atoms with Crippen LogP contribution in [0, 0.1) is 0 Å². The van der Waals surface area contributed by atoms with Crippen molar-refractivity contribution in [3.8, 4) is 0 Å². The van der Waals surface area contributed by atoms with Crippen LogP contribution in [0.5, 0.6) is 0 Å². The van der Waals surface area contributed by atoms with Crippen molar-refractivity contribution >= 4 is 0 Å². The van der Waals surface area contributed by atoms with Crippen LogP contribution in [0.25, 0.3) is 10.4 Å². The topological polar surface area (TPSA) is 52.0 Å². The molecule has 84 valence electrons. The van der Waals surface area contributed by atoms with Crippen molar-refractivity contribution in [2.24, 2.45) is 5.11 Å². The van der Waals surface area contributed by atoms with E-state index in [-0.39, 0.29) is 0 Å². The smallest absolute Gasteiger partial charge is 0.0470 e. The van der Waals surface area contributed by atoms with Crippen molar-refractivity contribution in [3.05, 3.63) is 22.1 Å². The van der Waals surface area contributed by atoms with Gasteiger partial charge in [0.25, 0.3) is 0 Å². The lowest BCUT2D eigenvalue weighted by atomic mass is 10.1. The number of azide groups is 1. The molecule has 0 amide bonds. The van der Waals surface area contributed by atoms with Crippen molar-refractivity contribution in [2.75, 3.05) is 26.2 Å². The first-order valence-electron chi connectivity index (χ1n) is 5.74. The summed E-state index contributed by atoms with van der Waals surface area (Å²) in [6, 6.07) is 0. The third-order valence-corrected chi connectivity index (χ3v) is 2.94. The summed E-state index contributed by atoms with van der Waals surface area (Å²) in [4.78, 5) is 5.29. The van der Waals surface area contributed by atoms with E-state index in [4.69, 9.17) is 5.53 Å². The summed E-state index contributed by atoms with van der Waals surface area (Å²) in [5, 5.41) is 3.60. The molecule has 0 N–H and O–H groups in total. The van der Waals surface area contributed by atoms with Gasteiger partial charge in [-0.1, -0.05) is 23.2 Å². The molecule has 0 spiro atoms. The predicted molar refractivity (Wildman–Crippen MR) is 62.7 cm³/mol. The van der Waals surface area contributed by atoms with Gasteiger partial charge in [-0.05, 0) is 44.8 Å². The number of hydrogen-bond acceptors (Lipinski definition) is 2. The molecule has 0 aliphatic carbocycles. The first-order valence-corrected chi connectivity index (χ1v) is 5.74. The normalized spacial score (nSPS) is 18.6. The average molecular weight is 208 g/mol. The van der Waals surface area contributed by atoms with Crippen LogP contribution in [0.1, 0.15) is 32.6 Å². The fourth-order valence-electron chi connectivity index (χ4n) is 1.92. The Morgan fingerprint density at radius 1 is 1.40 bits per heavy atom. The Balaban J connectivity index is 2.23. The highest BCUT2D eigenvalue weighted by atomic mass is 15.1. The second-order valence-corrected chi connectivity index (χ2v) is 3.99. The van der Waals surface area contributed by atoms with Gasteiger partial charge in [-0.2, -0.15) is 0 Å². The second kappa shape index (κ2) is 7.32. The van der Waals surface area contributed by atoms with Gasteiger partial charge in [0, 0.05) is 18.0 Å². The van der Waals surface area contributed by atoms with E-state index in [0.717, 1.165) is 13.0 Å². The van der Waals surface area contributed by atoms with Crippen molar-refractivity contribution in [1.29, 1.82) is 0 Å². The lowest BCUT2D eigenvalue weighted by Gasteiger charge is -2.26. The zero-order valence-corrected chi connectivity index (χ0v) is 9.52. The van der Waals surface area contributed by atoms with Gasteiger partial charge >= 0.3 is 0 Å². The molecular formula is C11H20N4. The number of hydrogen-bond donors (Lipinski definition) is 0. The van der Waals surface area contributed by atoms with E-state index in [1.54, 1.807) is 0 Å². The zero-order valence-electron chi connectivity index (χ0n) is 9.52. The van der Waals surface area contributed by atoms with Crippen molar-refractivity contribution in [1.82, 2.24) is 4.90 Å². The number of nitrogens with zero attached hydrogens (tertiary/aromatic N) is 4. The quantitative estimate of drug-likeness (QED) is 0.296. The van der Waals surface area contributed by atoms with E-state index in [2.05, 4.69) is 21.0 Å². The number of piperidine rings is 1. The third-order valence-electron chi connectivity index (χ3n) is 2.94. The average Bonchev–Trinajstić information content (AvgIpc) is 2.31. The minimum absolute atomic E-state index is 0.529. The van der Waals surface area contributed by atoms with E-state index in [9.17, 15) is 0 Å². The molecule has 0 bridgehead atoms. The largest absolute Gasteiger partial charge is 0.303 e. The summed E-state index contributed by atoms with van der Waals surface area (Å²) in [6.45, 7) is 6.12. The van der Waals surface area contributed by atoms with E-state index < -0.39 is 0 Å². The van der Waals surface area contributed by atoms with Crippen LogP contribution in [0.2, 0.25) is 0 Å². The molecule has 1 aliphatic rings. The molecule has 1 rings (SSSR count). The first kappa shape index (κ1) is 12.1. The van der Waals surface area contributed by atoms with E-state index in [1.165, 1.54) is 37.9 Å². The lowest BCUT2D eigenvalue weighted by Crippen LogP contribution is -2.30. The number of allylic oxidation sites excluding steroid dienone is 1. The maximum Gasteiger partial charge on any atom is 0.0470 e. The van der Waals surface area contributed by atoms with E-state index in [1.807, 2.05) is 6.92 Å². The molecule has 4 nitrogen and oxygen atoms in total. The minimum atomic E-state index is 0.529. The van der Waals surface area contributed by atoms with Crippen LogP contribution in [0.4, 0.5) is 0 Å². The van der Waals surface area contributed by atoms with E-state index in [0.29, 0.717) is 6.54 Å². The molecule has 1 saturated heterocycles. The van der Waals surface area contributed by atoms with Crippen LogP contribution < -0.4 is 0 Å². The number of rotatable bonds is 5. The Morgan fingerprint density at radius 2 is 2.13 bits per heavy atom. The fraction of sp³-hybridized carbons (Fsp3) is 0.818. The zero-order chi connectivity index (χ0) is 10.9. The van der Waals surface area contributed by atoms with Gasteiger partial charge in [-0.25, -0.2) is 0 Å². The maximum atomic E-state index is 8.25. The Hall–Kier alpha value is -0.990. The van der Waals surface area contributed by atoms with Crippen LogP contribution in [0.15, 0.2) is 16.8 Å². The van der Waals surface area contributed by atoms with Crippen LogP contribution in [0.3, 0.4) is 0 Å². The molecule has 0 aromatic carbocycles. The van der Waals surface area contributed by atoms with Gasteiger partial charge in [0.1, 0.15) is 0 Å². The third kappa shape index (κ3) is 4.86. The van der Waals surface area contributed by atoms with Crippen molar-refractivity contribution < 1.29 is 0 Å². The monoisotopic (exact) mass is 208 g/mol. The molecule has 1 aliphatic heterocycles. The van der Waals surface area contributed by atoms with Gasteiger partial charge in [0.2, 0.25) is 0 Å². The molecule has 0 radical (unpaired) electrons. The summed E-state index contributed by atoms with van der Waals surface area (Å²) in [5.41, 5.74) is 9.50. The summed E-state index contributed by atoms with van der Waals surface area (Å²) in [7, 11) is 0. The van der Waals surface area contributed by atoms with Crippen LogP contribution in [-0.4, -0.2) is 31.1 Å². The summed E-state index contributed by atoms with van der Waals surface area (Å²) in [5.74, 6) is 0. The molecule has 0 atom stereocenters. The molecule has 0 aromatic rings. The number of likely N-dealkylation sites (tertiary alicyclic amines) is 1. The Kier molecular flexibility index (Phi) is 5.90. The Morgan fingerprint density at radius 3 is 2.73 bits per heavy atom.